The Bertz CT molecular complexity index is 312. The van der Waals surface area contributed by atoms with Crippen LogP contribution in [-0.4, -0.2) is 37.7 Å². The normalized spacial score (nSPS) is 13.3. The first-order valence-corrected chi connectivity index (χ1v) is 5.92. The van der Waals surface area contributed by atoms with Crippen LogP contribution in [0.5, 0.6) is 0 Å². The minimum atomic E-state index is -1.39. The van der Waals surface area contributed by atoms with E-state index in [4.69, 9.17) is 9.47 Å². The second kappa shape index (κ2) is 7.68. The predicted molar refractivity (Wildman–Crippen MR) is 62.6 cm³/mol. The van der Waals surface area contributed by atoms with E-state index in [1.807, 2.05) is 0 Å². The van der Waals surface area contributed by atoms with Gasteiger partial charge in [-0.3, -0.25) is 9.59 Å². The molecule has 0 aliphatic heterocycles. The molecule has 104 valence electrons. The third-order valence-electron chi connectivity index (χ3n) is 2.51. The van der Waals surface area contributed by atoms with Gasteiger partial charge in [-0.05, 0) is 27.2 Å². The fourth-order valence-corrected chi connectivity index (χ4v) is 1.15. The third-order valence-corrected chi connectivity index (χ3v) is 2.51. The number of rotatable bonds is 7. The summed E-state index contributed by atoms with van der Waals surface area (Å²) in [5.41, 5.74) is -1.39. The number of carbonyl (C=O) groups excluding carboxylic acids is 3. The lowest BCUT2D eigenvalue weighted by Gasteiger charge is -2.23. The lowest BCUT2D eigenvalue weighted by molar-refractivity contribution is -0.175. The van der Waals surface area contributed by atoms with E-state index in [9.17, 15) is 14.4 Å². The van der Waals surface area contributed by atoms with E-state index in [2.05, 4.69) is 4.74 Å². The Morgan fingerprint density at radius 2 is 1.39 bits per heavy atom. The van der Waals surface area contributed by atoms with Gasteiger partial charge in [0.05, 0.1) is 13.2 Å². The summed E-state index contributed by atoms with van der Waals surface area (Å²) in [5, 5.41) is 0. The van der Waals surface area contributed by atoms with Crippen LogP contribution in [0.15, 0.2) is 0 Å². The lowest BCUT2D eigenvalue weighted by atomic mass is 9.88. The van der Waals surface area contributed by atoms with Crippen LogP contribution in [0.2, 0.25) is 0 Å². The van der Waals surface area contributed by atoms with Crippen molar-refractivity contribution >= 4 is 17.9 Å². The van der Waals surface area contributed by atoms with Crippen molar-refractivity contribution in [1.82, 2.24) is 0 Å². The largest absolute Gasteiger partial charge is 0.465 e. The van der Waals surface area contributed by atoms with E-state index in [-0.39, 0.29) is 19.6 Å². The van der Waals surface area contributed by atoms with Gasteiger partial charge in [-0.2, -0.15) is 0 Å². The Morgan fingerprint density at radius 1 is 0.889 bits per heavy atom. The van der Waals surface area contributed by atoms with Gasteiger partial charge >= 0.3 is 17.9 Å². The number of esters is 3. The van der Waals surface area contributed by atoms with Crippen LogP contribution in [0.1, 0.15) is 34.1 Å². The van der Waals surface area contributed by atoms with Crippen molar-refractivity contribution in [3.63, 3.8) is 0 Å². The maximum absolute atomic E-state index is 11.8. The van der Waals surface area contributed by atoms with Crippen molar-refractivity contribution < 1.29 is 28.6 Å². The molecule has 0 rings (SSSR count). The Morgan fingerprint density at radius 3 is 1.83 bits per heavy atom. The molecule has 0 aliphatic carbocycles. The third kappa shape index (κ3) is 4.35. The first kappa shape index (κ1) is 16.4. The van der Waals surface area contributed by atoms with Gasteiger partial charge in [-0.15, -0.1) is 0 Å². The van der Waals surface area contributed by atoms with E-state index >= 15 is 0 Å². The van der Waals surface area contributed by atoms with E-state index in [0.717, 1.165) is 0 Å². The van der Waals surface area contributed by atoms with Crippen LogP contribution in [0.25, 0.3) is 0 Å². The van der Waals surface area contributed by atoms with Gasteiger partial charge < -0.3 is 14.2 Å². The molecule has 0 saturated heterocycles. The maximum Gasteiger partial charge on any atom is 0.344 e. The van der Waals surface area contributed by atoms with Crippen LogP contribution in [0.3, 0.4) is 0 Å². The fraction of sp³-hybridized carbons (Fsp3) is 0.750. The van der Waals surface area contributed by atoms with Crippen LogP contribution < -0.4 is 0 Å². The summed E-state index contributed by atoms with van der Waals surface area (Å²) in [7, 11) is 0. The minimum absolute atomic E-state index is 0.180. The van der Waals surface area contributed by atoms with Gasteiger partial charge in [0, 0.05) is 0 Å². The molecule has 6 nitrogen and oxygen atoms in total. The van der Waals surface area contributed by atoms with Gasteiger partial charge in [0.15, 0.2) is 12.0 Å². The van der Waals surface area contributed by atoms with Crippen LogP contribution >= 0.6 is 0 Å². The molecule has 0 fully saturated rings. The molecule has 0 N–H and O–H groups in total. The van der Waals surface area contributed by atoms with Gasteiger partial charge in [-0.1, -0.05) is 6.92 Å². The standard InChI is InChI=1S/C12H20O6/c1-5-12(4,10(14)17-7-3)11(15)18-8-9(13)16-6-2/h5-8H2,1-4H3. The topological polar surface area (TPSA) is 78.9 Å². The Balaban J connectivity index is 4.51. The molecule has 0 heterocycles. The second-order valence-corrected chi connectivity index (χ2v) is 3.79. The van der Waals surface area contributed by atoms with Crippen molar-refractivity contribution in [3.8, 4) is 0 Å². The molecular formula is C12H20O6. The number of hydrogen-bond donors (Lipinski definition) is 0. The summed E-state index contributed by atoms with van der Waals surface area (Å²) in [5.74, 6) is -2.08. The zero-order chi connectivity index (χ0) is 14.2. The molecule has 0 saturated carbocycles. The number of carbonyl (C=O) groups is 3. The number of ether oxygens (including phenoxy) is 3. The number of hydrogen-bond acceptors (Lipinski definition) is 6. The van der Waals surface area contributed by atoms with Gasteiger partial charge in [-0.25, -0.2) is 4.79 Å². The quantitative estimate of drug-likeness (QED) is 0.387. The first-order valence-electron chi connectivity index (χ1n) is 5.92. The molecule has 1 atom stereocenters. The van der Waals surface area contributed by atoms with Crippen LogP contribution in [0.4, 0.5) is 0 Å². The summed E-state index contributed by atoms with van der Waals surface area (Å²) >= 11 is 0. The van der Waals surface area contributed by atoms with Gasteiger partial charge in [0.25, 0.3) is 0 Å². The molecule has 0 radical (unpaired) electrons. The Hall–Kier alpha value is -1.59. The average molecular weight is 260 g/mol. The zero-order valence-electron chi connectivity index (χ0n) is 11.3. The molecule has 18 heavy (non-hydrogen) atoms. The average Bonchev–Trinajstić information content (AvgIpc) is 2.35. The van der Waals surface area contributed by atoms with Crippen molar-refractivity contribution in [1.29, 1.82) is 0 Å². The fourth-order valence-electron chi connectivity index (χ4n) is 1.15. The van der Waals surface area contributed by atoms with E-state index < -0.39 is 29.9 Å². The second-order valence-electron chi connectivity index (χ2n) is 3.79. The molecule has 0 aromatic rings. The molecule has 1 unspecified atom stereocenters. The molecular weight excluding hydrogens is 240 g/mol. The maximum atomic E-state index is 11.8. The molecule has 0 amide bonds. The van der Waals surface area contributed by atoms with E-state index in [1.54, 1.807) is 20.8 Å². The predicted octanol–water partition coefficient (Wildman–Crippen LogP) is 1.07. The Kier molecular flexibility index (Phi) is 7.00. The monoisotopic (exact) mass is 260 g/mol. The molecule has 6 heteroatoms. The highest BCUT2D eigenvalue weighted by Gasteiger charge is 2.42. The summed E-state index contributed by atoms with van der Waals surface area (Å²) in [6.45, 7) is 6.29. The van der Waals surface area contributed by atoms with Crippen molar-refractivity contribution in [2.24, 2.45) is 5.41 Å². The van der Waals surface area contributed by atoms with Crippen LogP contribution in [0, 0.1) is 5.41 Å². The summed E-state index contributed by atoms with van der Waals surface area (Å²) in [6, 6.07) is 0. The highest BCUT2D eigenvalue weighted by atomic mass is 16.6. The molecule has 0 aliphatic rings. The van der Waals surface area contributed by atoms with Crippen molar-refractivity contribution in [2.45, 2.75) is 34.1 Å². The molecule has 0 aromatic heterocycles. The first-order chi connectivity index (χ1) is 8.42. The highest BCUT2D eigenvalue weighted by Crippen LogP contribution is 2.25. The smallest absolute Gasteiger partial charge is 0.344 e. The summed E-state index contributed by atoms with van der Waals surface area (Å²) in [6.07, 6.45) is 0.230. The van der Waals surface area contributed by atoms with E-state index in [1.165, 1.54) is 6.92 Å². The van der Waals surface area contributed by atoms with Gasteiger partial charge in [0.2, 0.25) is 0 Å². The molecule has 0 spiro atoms. The summed E-state index contributed by atoms with van der Waals surface area (Å²) < 4.78 is 14.2. The summed E-state index contributed by atoms with van der Waals surface area (Å²) in [4.78, 5) is 34.5. The van der Waals surface area contributed by atoms with E-state index in [0.29, 0.717) is 0 Å². The Labute approximate surface area is 107 Å². The lowest BCUT2D eigenvalue weighted by Crippen LogP contribution is -2.39. The molecule has 0 aromatic carbocycles. The SMILES string of the molecule is CCOC(=O)COC(=O)C(C)(CC)C(=O)OCC. The van der Waals surface area contributed by atoms with Crippen molar-refractivity contribution in [2.75, 3.05) is 19.8 Å². The molecule has 0 bridgehead atoms. The van der Waals surface area contributed by atoms with Gasteiger partial charge in [0.1, 0.15) is 0 Å². The highest BCUT2D eigenvalue weighted by molar-refractivity contribution is 6.00. The van der Waals surface area contributed by atoms with Crippen LogP contribution in [-0.2, 0) is 28.6 Å². The zero-order valence-corrected chi connectivity index (χ0v) is 11.3. The van der Waals surface area contributed by atoms with Crippen molar-refractivity contribution in [3.05, 3.63) is 0 Å². The minimum Gasteiger partial charge on any atom is -0.465 e.